The average molecular weight is 360 g/mol. The highest BCUT2D eigenvalue weighted by molar-refractivity contribution is 5.42. The van der Waals surface area contributed by atoms with Crippen LogP contribution in [-0.4, -0.2) is 6.54 Å². The summed E-state index contributed by atoms with van der Waals surface area (Å²) in [6.07, 6.45) is 24.5. The van der Waals surface area contributed by atoms with Crippen molar-refractivity contribution in [3.63, 3.8) is 0 Å². The van der Waals surface area contributed by atoms with Gasteiger partial charge >= 0.3 is 0 Å². The molecule has 0 aliphatic carbocycles. The first-order valence-electron chi connectivity index (χ1n) is 11.7. The molecular formula is C25H45N. The van der Waals surface area contributed by atoms with Gasteiger partial charge < -0.3 is 5.32 Å². The highest BCUT2D eigenvalue weighted by atomic mass is 14.9. The fourth-order valence-electron chi connectivity index (χ4n) is 3.64. The van der Waals surface area contributed by atoms with Gasteiger partial charge in [-0.3, -0.25) is 0 Å². The third kappa shape index (κ3) is 15.3. The maximum Gasteiger partial charge on any atom is 0.0340 e. The number of hydrogen-bond acceptors (Lipinski definition) is 1. The number of unbranched alkanes of at least 4 members (excludes halogenated alkanes) is 16. The second kappa shape index (κ2) is 18.8. The van der Waals surface area contributed by atoms with E-state index >= 15 is 0 Å². The number of anilines is 1. The molecule has 1 rings (SSSR count). The number of hydrogen-bond donors (Lipinski definition) is 1. The predicted molar refractivity (Wildman–Crippen MR) is 119 cm³/mol. The van der Waals surface area contributed by atoms with E-state index in [2.05, 4.69) is 42.6 Å². The maximum atomic E-state index is 3.50. The monoisotopic (exact) mass is 359 g/mol. The third-order valence-corrected chi connectivity index (χ3v) is 5.38. The minimum atomic E-state index is 1.11. The first-order valence-corrected chi connectivity index (χ1v) is 11.7. The van der Waals surface area contributed by atoms with Crippen molar-refractivity contribution in [2.75, 3.05) is 11.9 Å². The maximum absolute atomic E-state index is 3.50. The Morgan fingerprint density at radius 1 is 0.500 bits per heavy atom. The average Bonchev–Trinajstić information content (AvgIpc) is 2.68. The molecule has 1 aromatic rings. The van der Waals surface area contributed by atoms with Crippen molar-refractivity contribution in [1.29, 1.82) is 0 Å². The molecule has 0 aliphatic heterocycles. The molecule has 1 nitrogen and oxygen atoms in total. The molecule has 1 N–H and O–H groups in total. The van der Waals surface area contributed by atoms with E-state index in [1.165, 1.54) is 115 Å². The van der Waals surface area contributed by atoms with Crippen LogP contribution < -0.4 is 5.32 Å². The minimum absolute atomic E-state index is 1.11. The smallest absolute Gasteiger partial charge is 0.0340 e. The van der Waals surface area contributed by atoms with E-state index in [4.69, 9.17) is 0 Å². The first kappa shape index (κ1) is 23.1. The fourth-order valence-corrected chi connectivity index (χ4v) is 3.64. The summed E-state index contributed by atoms with van der Waals surface area (Å²) in [7, 11) is 0. The summed E-state index contributed by atoms with van der Waals surface area (Å²) < 4.78 is 0. The van der Waals surface area contributed by atoms with Gasteiger partial charge in [0.25, 0.3) is 0 Å². The molecule has 150 valence electrons. The van der Waals surface area contributed by atoms with E-state index < -0.39 is 0 Å². The van der Waals surface area contributed by atoms with E-state index in [0.717, 1.165) is 6.54 Å². The molecule has 0 spiro atoms. The van der Waals surface area contributed by atoms with Crippen molar-refractivity contribution < 1.29 is 0 Å². The van der Waals surface area contributed by atoms with Gasteiger partial charge in [0.15, 0.2) is 0 Å². The van der Waals surface area contributed by atoms with Gasteiger partial charge in [-0.25, -0.2) is 0 Å². The van der Waals surface area contributed by atoms with Crippen molar-refractivity contribution in [3.8, 4) is 0 Å². The van der Waals surface area contributed by atoms with Gasteiger partial charge in [0, 0.05) is 12.2 Å². The Hall–Kier alpha value is -0.980. The van der Waals surface area contributed by atoms with Crippen LogP contribution >= 0.6 is 0 Å². The molecule has 0 saturated carbocycles. The van der Waals surface area contributed by atoms with Crippen LogP contribution in [0.2, 0.25) is 0 Å². The summed E-state index contributed by atoms with van der Waals surface area (Å²) in [5.41, 5.74) is 1.25. The van der Waals surface area contributed by atoms with Gasteiger partial charge in [-0.2, -0.15) is 0 Å². The van der Waals surface area contributed by atoms with E-state index in [0.29, 0.717) is 0 Å². The second-order valence-electron chi connectivity index (χ2n) is 7.95. The Morgan fingerprint density at radius 2 is 0.885 bits per heavy atom. The molecule has 0 unspecified atom stereocenters. The molecule has 1 aromatic carbocycles. The van der Waals surface area contributed by atoms with Crippen LogP contribution in [0.25, 0.3) is 0 Å². The summed E-state index contributed by atoms with van der Waals surface area (Å²) in [5, 5.41) is 3.50. The van der Waals surface area contributed by atoms with Gasteiger partial charge in [-0.15, -0.1) is 0 Å². The van der Waals surface area contributed by atoms with E-state index in [9.17, 15) is 0 Å². The Kier molecular flexibility index (Phi) is 16.7. The lowest BCUT2D eigenvalue weighted by Crippen LogP contribution is -2.00. The summed E-state index contributed by atoms with van der Waals surface area (Å²) >= 11 is 0. The molecule has 0 atom stereocenters. The zero-order chi connectivity index (χ0) is 18.5. The summed E-state index contributed by atoms with van der Waals surface area (Å²) in [4.78, 5) is 0. The van der Waals surface area contributed by atoms with Crippen molar-refractivity contribution in [1.82, 2.24) is 0 Å². The van der Waals surface area contributed by atoms with E-state index in [1.54, 1.807) is 0 Å². The number of para-hydroxylation sites is 1. The zero-order valence-corrected chi connectivity index (χ0v) is 17.6. The zero-order valence-electron chi connectivity index (χ0n) is 17.6. The van der Waals surface area contributed by atoms with E-state index in [-0.39, 0.29) is 0 Å². The molecule has 26 heavy (non-hydrogen) atoms. The van der Waals surface area contributed by atoms with Crippen molar-refractivity contribution in [2.45, 2.75) is 116 Å². The quantitative estimate of drug-likeness (QED) is 0.243. The van der Waals surface area contributed by atoms with Crippen molar-refractivity contribution in [2.24, 2.45) is 0 Å². The lowest BCUT2D eigenvalue weighted by atomic mass is 10.0. The van der Waals surface area contributed by atoms with E-state index in [1.807, 2.05) is 0 Å². The van der Waals surface area contributed by atoms with Crippen LogP contribution in [0.5, 0.6) is 0 Å². The van der Waals surface area contributed by atoms with Gasteiger partial charge in [0.05, 0.1) is 0 Å². The fraction of sp³-hybridized carbons (Fsp3) is 0.760. The second-order valence-corrected chi connectivity index (χ2v) is 7.95. The Labute approximate surface area is 164 Å². The van der Waals surface area contributed by atoms with Crippen molar-refractivity contribution in [3.05, 3.63) is 30.3 Å². The van der Waals surface area contributed by atoms with Gasteiger partial charge in [-0.05, 0) is 18.6 Å². The Morgan fingerprint density at radius 3 is 1.31 bits per heavy atom. The van der Waals surface area contributed by atoms with Crippen molar-refractivity contribution >= 4 is 5.69 Å². The highest BCUT2D eigenvalue weighted by Gasteiger charge is 1.95. The van der Waals surface area contributed by atoms with Crippen LogP contribution in [0.15, 0.2) is 30.3 Å². The van der Waals surface area contributed by atoms with Gasteiger partial charge in [0.1, 0.15) is 0 Å². The highest BCUT2D eigenvalue weighted by Crippen LogP contribution is 2.14. The van der Waals surface area contributed by atoms with Crippen LogP contribution in [0.1, 0.15) is 116 Å². The first-order chi connectivity index (χ1) is 12.9. The van der Waals surface area contributed by atoms with Crippen LogP contribution in [-0.2, 0) is 0 Å². The van der Waals surface area contributed by atoms with Crippen LogP contribution in [0, 0.1) is 0 Å². The van der Waals surface area contributed by atoms with Gasteiger partial charge in [-0.1, -0.05) is 128 Å². The molecule has 1 heteroatoms. The number of benzene rings is 1. The molecule has 0 saturated heterocycles. The summed E-state index contributed by atoms with van der Waals surface area (Å²) in [6, 6.07) is 10.6. The SMILES string of the molecule is CCCCCCCCCCCCCCCCCCCNc1ccccc1. The topological polar surface area (TPSA) is 12.0 Å². The third-order valence-electron chi connectivity index (χ3n) is 5.38. The lowest BCUT2D eigenvalue weighted by Gasteiger charge is -2.06. The van der Waals surface area contributed by atoms with Gasteiger partial charge in [0.2, 0.25) is 0 Å². The Bertz CT molecular complexity index is 373. The molecule has 0 fully saturated rings. The number of rotatable bonds is 19. The molecule has 0 aromatic heterocycles. The minimum Gasteiger partial charge on any atom is -0.385 e. The molecule has 0 bridgehead atoms. The normalized spacial score (nSPS) is 11.0. The van der Waals surface area contributed by atoms with Crippen LogP contribution in [0.3, 0.4) is 0 Å². The predicted octanol–water partition coefficient (Wildman–Crippen LogP) is 8.75. The van der Waals surface area contributed by atoms with Crippen LogP contribution in [0.4, 0.5) is 5.69 Å². The summed E-state index contributed by atoms with van der Waals surface area (Å²) in [5.74, 6) is 0. The lowest BCUT2D eigenvalue weighted by molar-refractivity contribution is 0.528. The number of nitrogens with one attached hydrogen (secondary N) is 1. The largest absolute Gasteiger partial charge is 0.385 e. The Balaban J connectivity index is 1.68. The molecular weight excluding hydrogens is 314 g/mol. The standard InChI is InChI=1S/C25H45N/c1-2-3-4-5-6-7-8-9-10-11-12-13-14-15-16-17-21-24-26-25-22-19-18-20-23-25/h18-20,22-23,26H,2-17,21,24H2,1H3. The molecule has 0 aliphatic rings. The molecule has 0 radical (unpaired) electrons. The molecule has 0 heterocycles. The summed E-state index contributed by atoms with van der Waals surface area (Å²) in [6.45, 7) is 3.41. The molecule has 0 amide bonds.